The second-order valence-corrected chi connectivity index (χ2v) is 5.12. The quantitative estimate of drug-likeness (QED) is 0.580. The third-order valence-electron chi connectivity index (χ3n) is 3.50. The van der Waals surface area contributed by atoms with E-state index in [1.54, 1.807) is 18.3 Å². The molecule has 0 bridgehead atoms. The second kappa shape index (κ2) is 9.31. The summed E-state index contributed by atoms with van der Waals surface area (Å²) in [6, 6.07) is 10.5. The molecule has 7 heteroatoms. The van der Waals surface area contributed by atoms with Crippen LogP contribution in [0.4, 0.5) is 0 Å². The number of carbonyl (C=O) groups is 1. The first kappa shape index (κ1) is 19.1. The van der Waals surface area contributed by atoms with Gasteiger partial charge in [0.15, 0.2) is 11.5 Å². The minimum atomic E-state index is -0.397. The SMILES string of the molecule is CCOc1ccc(/C=N/NC(=O)c2cc(OC)c(OC)c(OC)c2)cc1. The minimum Gasteiger partial charge on any atom is -0.494 e. The van der Waals surface area contributed by atoms with E-state index in [9.17, 15) is 4.79 Å². The number of hydrogen-bond acceptors (Lipinski definition) is 6. The molecule has 2 aromatic carbocycles. The second-order valence-electron chi connectivity index (χ2n) is 5.12. The number of methoxy groups -OCH3 is 3. The topological polar surface area (TPSA) is 78.4 Å². The van der Waals surface area contributed by atoms with E-state index in [0.717, 1.165) is 11.3 Å². The monoisotopic (exact) mass is 358 g/mol. The van der Waals surface area contributed by atoms with Gasteiger partial charge in [0.2, 0.25) is 5.75 Å². The fraction of sp³-hybridized carbons (Fsp3) is 0.263. The van der Waals surface area contributed by atoms with Crippen LogP contribution in [0.2, 0.25) is 0 Å². The molecule has 0 aliphatic carbocycles. The van der Waals surface area contributed by atoms with Crippen molar-refractivity contribution in [3.05, 3.63) is 47.5 Å². The molecule has 0 atom stereocenters. The Balaban J connectivity index is 2.09. The Morgan fingerprint density at radius 3 is 2.15 bits per heavy atom. The zero-order valence-corrected chi connectivity index (χ0v) is 15.2. The zero-order chi connectivity index (χ0) is 18.9. The van der Waals surface area contributed by atoms with Crippen LogP contribution in [0.3, 0.4) is 0 Å². The van der Waals surface area contributed by atoms with Gasteiger partial charge in [-0.3, -0.25) is 4.79 Å². The van der Waals surface area contributed by atoms with Crippen LogP contribution in [0.25, 0.3) is 0 Å². The summed E-state index contributed by atoms with van der Waals surface area (Å²) in [6.45, 7) is 2.53. The van der Waals surface area contributed by atoms with Gasteiger partial charge in [0, 0.05) is 5.56 Å². The molecular weight excluding hydrogens is 336 g/mol. The number of hydrazone groups is 1. The van der Waals surface area contributed by atoms with Crippen molar-refractivity contribution in [2.45, 2.75) is 6.92 Å². The highest BCUT2D eigenvalue weighted by Crippen LogP contribution is 2.38. The van der Waals surface area contributed by atoms with Gasteiger partial charge in [-0.05, 0) is 48.9 Å². The lowest BCUT2D eigenvalue weighted by Crippen LogP contribution is -2.18. The number of rotatable bonds is 8. The van der Waals surface area contributed by atoms with Crippen molar-refractivity contribution < 1.29 is 23.7 Å². The van der Waals surface area contributed by atoms with Crippen LogP contribution in [0, 0.1) is 0 Å². The summed E-state index contributed by atoms with van der Waals surface area (Å²) in [6.07, 6.45) is 1.55. The molecular formula is C19H22N2O5. The van der Waals surface area contributed by atoms with Gasteiger partial charge < -0.3 is 18.9 Å². The molecule has 26 heavy (non-hydrogen) atoms. The maximum atomic E-state index is 12.3. The Kier molecular flexibility index (Phi) is 6.84. The molecule has 0 aromatic heterocycles. The summed E-state index contributed by atoms with van der Waals surface area (Å²) in [7, 11) is 4.48. The predicted molar refractivity (Wildman–Crippen MR) is 98.8 cm³/mol. The van der Waals surface area contributed by atoms with E-state index in [2.05, 4.69) is 10.5 Å². The highest BCUT2D eigenvalue weighted by atomic mass is 16.5. The van der Waals surface area contributed by atoms with Gasteiger partial charge in [0.25, 0.3) is 5.91 Å². The van der Waals surface area contributed by atoms with Crippen molar-refractivity contribution in [1.29, 1.82) is 0 Å². The van der Waals surface area contributed by atoms with Crippen molar-refractivity contribution in [3.63, 3.8) is 0 Å². The highest BCUT2D eigenvalue weighted by Gasteiger charge is 2.16. The lowest BCUT2D eigenvalue weighted by atomic mass is 10.1. The standard InChI is InChI=1S/C19H22N2O5/c1-5-26-15-8-6-13(7-9-15)12-20-21-19(22)14-10-16(23-2)18(25-4)17(11-14)24-3/h6-12H,5H2,1-4H3,(H,21,22)/b20-12+. The van der Waals surface area contributed by atoms with Gasteiger partial charge in [-0.15, -0.1) is 0 Å². The van der Waals surface area contributed by atoms with Gasteiger partial charge in [-0.25, -0.2) is 5.43 Å². The smallest absolute Gasteiger partial charge is 0.271 e. The van der Waals surface area contributed by atoms with E-state index >= 15 is 0 Å². The zero-order valence-electron chi connectivity index (χ0n) is 15.2. The summed E-state index contributed by atoms with van der Waals surface area (Å²) in [5, 5.41) is 3.97. The van der Waals surface area contributed by atoms with Crippen LogP contribution in [-0.2, 0) is 0 Å². The Morgan fingerprint density at radius 1 is 1.04 bits per heavy atom. The lowest BCUT2D eigenvalue weighted by Gasteiger charge is -2.13. The molecule has 0 aliphatic heterocycles. The molecule has 0 spiro atoms. The Labute approximate surface area is 152 Å². The number of nitrogens with zero attached hydrogens (tertiary/aromatic N) is 1. The molecule has 0 saturated heterocycles. The van der Waals surface area contributed by atoms with Crippen LogP contribution in [0.5, 0.6) is 23.0 Å². The largest absolute Gasteiger partial charge is 0.494 e. The van der Waals surface area contributed by atoms with Crippen molar-refractivity contribution in [2.75, 3.05) is 27.9 Å². The van der Waals surface area contributed by atoms with Crippen molar-refractivity contribution in [1.82, 2.24) is 5.43 Å². The highest BCUT2D eigenvalue weighted by molar-refractivity contribution is 5.96. The molecule has 7 nitrogen and oxygen atoms in total. The van der Waals surface area contributed by atoms with Crippen LogP contribution in [0.15, 0.2) is 41.5 Å². The molecule has 1 N–H and O–H groups in total. The number of hydrogen-bond donors (Lipinski definition) is 1. The Bertz CT molecular complexity index is 747. The maximum absolute atomic E-state index is 12.3. The fourth-order valence-corrected chi connectivity index (χ4v) is 2.26. The first-order chi connectivity index (χ1) is 12.6. The van der Waals surface area contributed by atoms with Crippen LogP contribution in [-0.4, -0.2) is 40.1 Å². The van der Waals surface area contributed by atoms with E-state index in [1.165, 1.54) is 21.3 Å². The normalized spacial score (nSPS) is 10.5. The summed E-state index contributed by atoms with van der Waals surface area (Å²) in [5.74, 6) is 1.60. The molecule has 2 rings (SSSR count). The van der Waals surface area contributed by atoms with E-state index < -0.39 is 5.91 Å². The average Bonchev–Trinajstić information content (AvgIpc) is 2.68. The minimum absolute atomic E-state index is 0.336. The number of carbonyl (C=O) groups excluding carboxylic acids is 1. The summed E-state index contributed by atoms with van der Waals surface area (Å²) in [4.78, 5) is 12.3. The van der Waals surface area contributed by atoms with Crippen LogP contribution in [0.1, 0.15) is 22.8 Å². The molecule has 138 valence electrons. The number of ether oxygens (including phenoxy) is 4. The molecule has 0 heterocycles. The van der Waals surface area contributed by atoms with E-state index in [1.807, 2.05) is 31.2 Å². The molecule has 0 aliphatic rings. The fourth-order valence-electron chi connectivity index (χ4n) is 2.26. The third-order valence-corrected chi connectivity index (χ3v) is 3.50. The van der Waals surface area contributed by atoms with Crippen molar-refractivity contribution in [2.24, 2.45) is 5.10 Å². The Hall–Kier alpha value is -3.22. The van der Waals surface area contributed by atoms with Gasteiger partial charge in [-0.2, -0.15) is 5.10 Å². The molecule has 0 saturated carbocycles. The number of nitrogens with one attached hydrogen (secondary N) is 1. The molecule has 2 aromatic rings. The van der Waals surface area contributed by atoms with Crippen LogP contribution >= 0.6 is 0 Å². The van der Waals surface area contributed by atoms with Crippen molar-refractivity contribution >= 4 is 12.1 Å². The van der Waals surface area contributed by atoms with Gasteiger partial charge in [0.05, 0.1) is 34.2 Å². The third kappa shape index (κ3) is 4.66. The van der Waals surface area contributed by atoms with Crippen LogP contribution < -0.4 is 24.4 Å². The number of amides is 1. The predicted octanol–water partition coefficient (Wildman–Crippen LogP) is 2.88. The lowest BCUT2D eigenvalue weighted by molar-refractivity contribution is 0.0954. The van der Waals surface area contributed by atoms with E-state index in [-0.39, 0.29) is 0 Å². The molecule has 0 fully saturated rings. The summed E-state index contributed by atoms with van der Waals surface area (Å²) in [5.41, 5.74) is 3.64. The number of benzene rings is 2. The van der Waals surface area contributed by atoms with E-state index in [0.29, 0.717) is 29.4 Å². The van der Waals surface area contributed by atoms with Crippen molar-refractivity contribution in [3.8, 4) is 23.0 Å². The average molecular weight is 358 g/mol. The van der Waals surface area contributed by atoms with Gasteiger partial charge in [0.1, 0.15) is 5.75 Å². The molecule has 1 amide bonds. The Morgan fingerprint density at radius 2 is 1.65 bits per heavy atom. The summed E-state index contributed by atoms with van der Waals surface area (Å²) < 4.78 is 21.1. The van der Waals surface area contributed by atoms with Gasteiger partial charge >= 0.3 is 0 Å². The van der Waals surface area contributed by atoms with Gasteiger partial charge in [-0.1, -0.05) is 0 Å². The molecule has 0 radical (unpaired) electrons. The maximum Gasteiger partial charge on any atom is 0.271 e. The summed E-state index contributed by atoms with van der Waals surface area (Å²) >= 11 is 0. The van der Waals surface area contributed by atoms with E-state index in [4.69, 9.17) is 18.9 Å². The first-order valence-electron chi connectivity index (χ1n) is 7.99. The molecule has 0 unspecified atom stereocenters. The first-order valence-corrected chi connectivity index (χ1v) is 7.99.